The Morgan fingerprint density at radius 2 is 1.36 bits per heavy atom. The zero-order valence-corrected chi connectivity index (χ0v) is 13.9. The Balaban J connectivity index is 0.00000182. The highest BCUT2D eigenvalue weighted by Gasteiger charge is 2.21. The van der Waals surface area contributed by atoms with Gasteiger partial charge in [-0.1, -0.05) is 35.9 Å². The van der Waals surface area contributed by atoms with Crippen LogP contribution < -0.4 is 0 Å². The summed E-state index contributed by atoms with van der Waals surface area (Å²) in [6, 6.07) is 7.92. The third-order valence-corrected chi connectivity index (χ3v) is 4.13. The van der Waals surface area contributed by atoms with E-state index in [0.717, 1.165) is 44.9 Å². The van der Waals surface area contributed by atoms with Crippen LogP contribution in [0.15, 0.2) is 33.3 Å². The topological polar surface area (TPSA) is 77.8 Å². The lowest BCUT2D eigenvalue weighted by Gasteiger charge is -2.08. The van der Waals surface area contributed by atoms with E-state index in [0.29, 0.717) is 11.6 Å². The van der Waals surface area contributed by atoms with Gasteiger partial charge in [0, 0.05) is 5.39 Å². The largest absolute Gasteiger partial charge is 0.361 e. The number of rotatable bonds is 2. The van der Waals surface area contributed by atoms with Crippen LogP contribution in [-0.2, 0) is 0 Å². The number of nitrogens with zero attached hydrogens (tertiary/aromatic N) is 4. The summed E-state index contributed by atoms with van der Waals surface area (Å²) in [7, 11) is 0. The predicted octanol–water partition coefficient (Wildman–Crippen LogP) is 4.81. The Labute approximate surface area is 145 Å². The van der Waals surface area contributed by atoms with Gasteiger partial charge in [0.25, 0.3) is 0 Å². The van der Waals surface area contributed by atoms with Crippen LogP contribution in [0.1, 0.15) is 30.3 Å². The van der Waals surface area contributed by atoms with Crippen molar-refractivity contribution in [2.75, 3.05) is 0 Å². The van der Waals surface area contributed by atoms with Crippen molar-refractivity contribution < 1.29 is 9.05 Å². The minimum Gasteiger partial charge on any atom is -0.361 e. The Hall–Kier alpha value is -3.02. The van der Waals surface area contributed by atoms with Gasteiger partial charge < -0.3 is 9.05 Å². The number of hydrogen-bond acceptors (Lipinski definition) is 6. The molecule has 4 rings (SSSR count). The van der Waals surface area contributed by atoms with Gasteiger partial charge in [0.1, 0.15) is 11.5 Å². The summed E-state index contributed by atoms with van der Waals surface area (Å²) in [4.78, 5) is 9.53. The second-order valence-electron chi connectivity index (χ2n) is 5.81. The average molecular weight is 336 g/mol. The standard InChI is InChI=1S/C18H16N4O2.CH4/c1-9-15(11(3)23-21-9)17-13-7-5-6-8-14(13)19-18(20-17)16-10(2)22-24-12(16)4;/h5-8H,1-4H3;1H4. The van der Waals surface area contributed by atoms with E-state index in [1.165, 1.54) is 0 Å². The van der Waals surface area contributed by atoms with Crippen LogP contribution in [0.5, 0.6) is 0 Å². The summed E-state index contributed by atoms with van der Waals surface area (Å²) in [5.74, 6) is 2.04. The molecule has 0 bridgehead atoms. The van der Waals surface area contributed by atoms with E-state index in [9.17, 15) is 0 Å². The van der Waals surface area contributed by atoms with Crippen LogP contribution in [0.4, 0.5) is 0 Å². The number of aryl methyl sites for hydroxylation is 4. The van der Waals surface area contributed by atoms with Crippen LogP contribution in [-0.4, -0.2) is 20.3 Å². The van der Waals surface area contributed by atoms with E-state index < -0.39 is 0 Å². The molecule has 128 valence electrons. The summed E-state index contributed by atoms with van der Waals surface area (Å²) >= 11 is 0. The van der Waals surface area contributed by atoms with Gasteiger partial charge in [-0.15, -0.1) is 0 Å². The van der Waals surface area contributed by atoms with E-state index in [2.05, 4.69) is 10.3 Å². The number of benzene rings is 1. The Bertz CT molecular complexity index is 1020. The molecule has 6 heteroatoms. The summed E-state index contributed by atoms with van der Waals surface area (Å²) in [5, 5.41) is 9.04. The van der Waals surface area contributed by atoms with Gasteiger partial charge >= 0.3 is 0 Å². The SMILES string of the molecule is C.Cc1noc(C)c1-c1nc(-c2c(C)noc2C)c2ccccc2n1. The fourth-order valence-corrected chi connectivity index (χ4v) is 3.00. The van der Waals surface area contributed by atoms with E-state index >= 15 is 0 Å². The Morgan fingerprint density at radius 1 is 0.760 bits per heavy atom. The molecule has 0 spiro atoms. The highest BCUT2D eigenvalue weighted by molar-refractivity contribution is 5.94. The van der Waals surface area contributed by atoms with Crippen molar-refractivity contribution in [3.05, 3.63) is 47.2 Å². The van der Waals surface area contributed by atoms with Crippen molar-refractivity contribution in [1.82, 2.24) is 20.3 Å². The molecule has 25 heavy (non-hydrogen) atoms. The first-order chi connectivity index (χ1) is 11.6. The monoisotopic (exact) mass is 336 g/mol. The van der Waals surface area contributed by atoms with Crippen molar-refractivity contribution in [3.8, 4) is 22.6 Å². The molecule has 0 radical (unpaired) electrons. The molecule has 6 nitrogen and oxygen atoms in total. The first kappa shape index (κ1) is 16.8. The Morgan fingerprint density at radius 3 is 1.96 bits per heavy atom. The number of aromatic nitrogens is 4. The lowest BCUT2D eigenvalue weighted by atomic mass is 10.0. The molecule has 0 fully saturated rings. The van der Waals surface area contributed by atoms with E-state index in [1.54, 1.807) is 0 Å². The summed E-state index contributed by atoms with van der Waals surface area (Å²) in [6.45, 7) is 7.56. The van der Waals surface area contributed by atoms with Crippen LogP contribution in [0.3, 0.4) is 0 Å². The molecule has 0 amide bonds. The molecule has 0 saturated carbocycles. The quantitative estimate of drug-likeness (QED) is 0.523. The summed E-state index contributed by atoms with van der Waals surface area (Å²) in [6.07, 6.45) is 0. The molecule has 0 aliphatic carbocycles. The molecule has 4 aromatic rings. The van der Waals surface area contributed by atoms with Crippen molar-refractivity contribution >= 4 is 10.9 Å². The first-order valence-electron chi connectivity index (χ1n) is 7.69. The molecule has 0 aliphatic heterocycles. The van der Waals surface area contributed by atoms with Crippen molar-refractivity contribution in [1.29, 1.82) is 0 Å². The van der Waals surface area contributed by atoms with Gasteiger partial charge in [-0.2, -0.15) is 0 Å². The predicted molar refractivity (Wildman–Crippen MR) is 96.2 cm³/mol. The van der Waals surface area contributed by atoms with Gasteiger partial charge in [0.2, 0.25) is 0 Å². The molecular formula is C19H20N4O2. The molecular weight excluding hydrogens is 316 g/mol. The molecule has 1 aromatic carbocycles. The molecule has 0 atom stereocenters. The summed E-state index contributed by atoms with van der Waals surface area (Å²) in [5.41, 5.74) is 4.98. The van der Waals surface area contributed by atoms with Gasteiger partial charge in [-0.25, -0.2) is 9.97 Å². The average Bonchev–Trinajstić information content (AvgIpc) is 3.08. The fourth-order valence-electron chi connectivity index (χ4n) is 3.00. The van der Waals surface area contributed by atoms with Crippen LogP contribution >= 0.6 is 0 Å². The lowest BCUT2D eigenvalue weighted by Crippen LogP contribution is -1.97. The zero-order chi connectivity index (χ0) is 16.8. The van der Waals surface area contributed by atoms with Gasteiger partial charge in [-0.3, -0.25) is 0 Å². The van der Waals surface area contributed by atoms with Crippen molar-refractivity contribution in [3.63, 3.8) is 0 Å². The zero-order valence-electron chi connectivity index (χ0n) is 13.9. The number of fused-ring (bicyclic) bond motifs is 1. The second-order valence-corrected chi connectivity index (χ2v) is 5.81. The Kier molecular flexibility index (Phi) is 4.12. The maximum absolute atomic E-state index is 5.34. The molecule has 0 unspecified atom stereocenters. The lowest BCUT2D eigenvalue weighted by molar-refractivity contribution is 0.393. The van der Waals surface area contributed by atoms with E-state index in [4.69, 9.17) is 19.0 Å². The highest BCUT2D eigenvalue weighted by Crippen LogP contribution is 2.34. The fraction of sp³-hybridized carbons (Fsp3) is 0.263. The first-order valence-corrected chi connectivity index (χ1v) is 7.69. The number of para-hydroxylation sites is 1. The van der Waals surface area contributed by atoms with Crippen molar-refractivity contribution in [2.24, 2.45) is 0 Å². The second kappa shape index (κ2) is 6.12. The minimum absolute atomic E-state index is 0. The maximum atomic E-state index is 5.34. The molecule has 0 aliphatic rings. The van der Waals surface area contributed by atoms with Gasteiger partial charge in [-0.05, 0) is 33.8 Å². The van der Waals surface area contributed by atoms with Crippen LogP contribution in [0, 0.1) is 27.7 Å². The molecule has 0 saturated heterocycles. The van der Waals surface area contributed by atoms with E-state index in [-0.39, 0.29) is 7.43 Å². The van der Waals surface area contributed by atoms with Crippen LogP contribution in [0.25, 0.3) is 33.5 Å². The highest BCUT2D eigenvalue weighted by atomic mass is 16.5. The third kappa shape index (κ3) is 2.59. The normalized spacial score (nSPS) is 10.9. The van der Waals surface area contributed by atoms with Gasteiger partial charge in [0.05, 0.1) is 33.7 Å². The third-order valence-electron chi connectivity index (χ3n) is 4.13. The van der Waals surface area contributed by atoms with E-state index in [1.807, 2.05) is 52.0 Å². The maximum Gasteiger partial charge on any atom is 0.165 e. The molecule has 3 aromatic heterocycles. The number of hydrogen-bond donors (Lipinski definition) is 0. The van der Waals surface area contributed by atoms with Crippen molar-refractivity contribution in [2.45, 2.75) is 35.1 Å². The minimum atomic E-state index is 0. The van der Waals surface area contributed by atoms with Crippen LogP contribution in [0.2, 0.25) is 0 Å². The smallest absolute Gasteiger partial charge is 0.165 e. The molecule has 3 heterocycles. The summed E-state index contributed by atoms with van der Waals surface area (Å²) < 4.78 is 10.6. The molecule has 0 N–H and O–H groups in total. The van der Waals surface area contributed by atoms with Gasteiger partial charge in [0.15, 0.2) is 5.82 Å².